The third-order valence-electron chi connectivity index (χ3n) is 4.77. The van der Waals surface area contributed by atoms with Crippen LogP contribution in [-0.2, 0) is 6.42 Å². The summed E-state index contributed by atoms with van der Waals surface area (Å²) in [7, 11) is 0. The molecule has 2 aromatic carbocycles. The number of hydrogen-bond donors (Lipinski definition) is 0. The number of benzene rings is 2. The third kappa shape index (κ3) is 4.43. The van der Waals surface area contributed by atoms with E-state index in [4.69, 9.17) is 9.73 Å². The van der Waals surface area contributed by atoms with E-state index in [-0.39, 0.29) is 0 Å². The molecule has 2 aromatic rings. The smallest absolute Gasteiger partial charge is 0.119 e. The second-order valence-corrected chi connectivity index (χ2v) is 7.17. The van der Waals surface area contributed by atoms with Gasteiger partial charge in [-0.1, -0.05) is 57.5 Å². The molecule has 0 unspecified atom stereocenters. The van der Waals surface area contributed by atoms with Crippen LogP contribution in [0.2, 0.25) is 0 Å². The van der Waals surface area contributed by atoms with Gasteiger partial charge in [-0.2, -0.15) is 0 Å². The van der Waals surface area contributed by atoms with Gasteiger partial charge in [0, 0.05) is 12.1 Å². The quantitative estimate of drug-likeness (QED) is 0.567. The lowest BCUT2D eigenvalue weighted by molar-refractivity contribution is 0.309. The molecule has 0 saturated heterocycles. The lowest BCUT2D eigenvalue weighted by Crippen LogP contribution is -2.18. The minimum Gasteiger partial charge on any atom is -0.494 e. The molecule has 0 saturated carbocycles. The number of ether oxygens (including phenoxy) is 1. The van der Waals surface area contributed by atoms with Crippen molar-refractivity contribution < 1.29 is 4.74 Å². The van der Waals surface area contributed by atoms with Crippen LogP contribution in [0.3, 0.4) is 0 Å². The van der Waals surface area contributed by atoms with E-state index in [0.717, 1.165) is 43.9 Å². The van der Waals surface area contributed by atoms with Gasteiger partial charge in [-0.15, -0.1) is 0 Å². The molecule has 0 bridgehead atoms. The zero-order valence-electron chi connectivity index (χ0n) is 16.2. The van der Waals surface area contributed by atoms with Crippen molar-refractivity contribution in [3.8, 4) is 5.75 Å². The van der Waals surface area contributed by atoms with Gasteiger partial charge in [0.25, 0.3) is 0 Å². The van der Waals surface area contributed by atoms with Gasteiger partial charge < -0.3 is 4.74 Å². The van der Waals surface area contributed by atoms with Gasteiger partial charge in [0.05, 0.1) is 12.3 Å². The second kappa shape index (κ2) is 8.84. The maximum atomic E-state index is 5.90. The van der Waals surface area contributed by atoms with Gasteiger partial charge in [0.15, 0.2) is 0 Å². The van der Waals surface area contributed by atoms with Crippen LogP contribution >= 0.6 is 0 Å². The van der Waals surface area contributed by atoms with Crippen molar-refractivity contribution in [2.45, 2.75) is 40.0 Å². The molecule has 1 aliphatic rings. The lowest BCUT2D eigenvalue weighted by Gasteiger charge is -2.22. The van der Waals surface area contributed by atoms with Crippen LogP contribution in [0.25, 0.3) is 6.08 Å². The van der Waals surface area contributed by atoms with E-state index >= 15 is 0 Å². The fourth-order valence-electron chi connectivity index (χ4n) is 3.29. The average Bonchev–Trinajstić information content (AvgIpc) is 2.66. The first-order chi connectivity index (χ1) is 12.7. The summed E-state index contributed by atoms with van der Waals surface area (Å²) in [5.74, 6) is 1.40. The van der Waals surface area contributed by atoms with Crippen molar-refractivity contribution in [1.82, 2.24) is 0 Å². The summed E-state index contributed by atoms with van der Waals surface area (Å²) in [5.41, 5.74) is 6.28. The number of nitrogens with zero attached hydrogens (tertiary/aromatic N) is 1. The van der Waals surface area contributed by atoms with Gasteiger partial charge in [0.1, 0.15) is 5.75 Å². The zero-order valence-corrected chi connectivity index (χ0v) is 16.2. The molecule has 0 N–H and O–H groups in total. The summed E-state index contributed by atoms with van der Waals surface area (Å²) in [6, 6.07) is 17.0. The Morgan fingerprint density at radius 1 is 1.15 bits per heavy atom. The Bertz CT molecular complexity index is 787. The van der Waals surface area contributed by atoms with Gasteiger partial charge >= 0.3 is 0 Å². The van der Waals surface area contributed by atoms with E-state index in [0.29, 0.717) is 5.92 Å². The van der Waals surface area contributed by atoms with Crippen LogP contribution in [0.15, 0.2) is 59.1 Å². The van der Waals surface area contributed by atoms with Gasteiger partial charge in [-0.05, 0) is 59.7 Å². The van der Waals surface area contributed by atoms with E-state index in [2.05, 4.69) is 75.4 Å². The number of fused-ring (bicyclic) bond motifs is 1. The minimum absolute atomic E-state index is 0.417. The van der Waals surface area contributed by atoms with Crippen molar-refractivity contribution in [3.05, 3.63) is 70.8 Å². The number of unbranched alkanes of at least 4 members (excludes halogenated alkanes) is 1. The van der Waals surface area contributed by atoms with Crippen molar-refractivity contribution in [2.24, 2.45) is 10.9 Å². The Morgan fingerprint density at radius 3 is 2.69 bits per heavy atom. The molecule has 0 radical (unpaired) electrons. The standard InChI is InChI=1S/C24H29NO/c1-4-5-15-26-21-11-12-22-20(17-21)13-14-25-24(22)23(18(2)3)16-19-9-7-6-8-10-19/h6-12,16-18H,4-5,13-15H2,1-3H3. The molecule has 0 aromatic heterocycles. The summed E-state index contributed by atoms with van der Waals surface area (Å²) >= 11 is 0. The van der Waals surface area contributed by atoms with E-state index in [1.807, 2.05) is 0 Å². The highest BCUT2D eigenvalue weighted by molar-refractivity contribution is 6.16. The SMILES string of the molecule is CCCCOc1ccc2c(c1)CCN=C2C(=Cc1ccccc1)C(C)C. The predicted octanol–water partition coefficient (Wildman–Crippen LogP) is 5.95. The topological polar surface area (TPSA) is 21.6 Å². The van der Waals surface area contributed by atoms with Gasteiger partial charge in [0.2, 0.25) is 0 Å². The Kier molecular flexibility index (Phi) is 6.27. The van der Waals surface area contributed by atoms with Crippen LogP contribution in [0.1, 0.15) is 50.3 Å². The van der Waals surface area contributed by atoms with E-state index in [9.17, 15) is 0 Å². The van der Waals surface area contributed by atoms with Crippen molar-refractivity contribution >= 4 is 11.8 Å². The molecule has 2 nitrogen and oxygen atoms in total. The Balaban J connectivity index is 1.91. The number of rotatable bonds is 7. The van der Waals surface area contributed by atoms with Crippen LogP contribution < -0.4 is 4.74 Å². The molecule has 1 aliphatic heterocycles. The van der Waals surface area contributed by atoms with Crippen LogP contribution in [0.4, 0.5) is 0 Å². The molecule has 0 atom stereocenters. The average molecular weight is 348 g/mol. The summed E-state index contributed by atoms with van der Waals surface area (Å²) in [5, 5.41) is 0. The first-order valence-corrected chi connectivity index (χ1v) is 9.76. The molecule has 0 amide bonds. The lowest BCUT2D eigenvalue weighted by atomic mass is 9.87. The first kappa shape index (κ1) is 18.4. The minimum atomic E-state index is 0.417. The van der Waals surface area contributed by atoms with Gasteiger partial charge in [-0.3, -0.25) is 4.99 Å². The highest BCUT2D eigenvalue weighted by atomic mass is 16.5. The number of hydrogen-bond acceptors (Lipinski definition) is 2. The first-order valence-electron chi connectivity index (χ1n) is 9.76. The van der Waals surface area contributed by atoms with Crippen molar-refractivity contribution in [1.29, 1.82) is 0 Å². The molecule has 3 rings (SSSR count). The predicted molar refractivity (Wildman–Crippen MR) is 111 cm³/mol. The normalized spacial score (nSPS) is 14.2. The Morgan fingerprint density at radius 2 is 1.96 bits per heavy atom. The molecule has 0 aliphatic carbocycles. The highest BCUT2D eigenvalue weighted by Crippen LogP contribution is 2.28. The fraction of sp³-hybridized carbons (Fsp3) is 0.375. The summed E-state index contributed by atoms with van der Waals surface area (Å²) < 4.78 is 5.90. The molecular weight excluding hydrogens is 318 g/mol. The fourth-order valence-corrected chi connectivity index (χ4v) is 3.29. The maximum absolute atomic E-state index is 5.90. The number of aliphatic imine (C=N–C) groups is 1. The Labute approximate surface area is 157 Å². The molecule has 2 heteroatoms. The summed E-state index contributed by atoms with van der Waals surface area (Å²) in [6.45, 7) is 8.31. The van der Waals surface area contributed by atoms with Crippen LogP contribution in [-0.4, -0.2) is 18.9 Å². The Hall–Kier alpha value is -2.35. The van der Waals surface area contributed by atoms with Crippen LogP contribution in [0.5, 0.6) is 5.75 Å². The van der Waals surface area contributed by atoms with Crippen molar-refractivity contribution in [2.75, 3.05) is 13.2 Å². The molecule has 136 valence electrons. The molecule has 1 heterocycles. The molecule has 0 fully saturated rings. The maximum Gasteiger partial charge on any atom is 0.119 e. The summed E-state index contributed by atoms with van der Waals surface area (Å²) in [4.78, 5) is 4.90. The molecular formula is C24H29NO. The van der Waals surface area contributed by atoms with Crippen molar-refractivity contribution in [3.63, 3.8) is 0 Å². The van der Waals surface area contributed by atoms with E-state index in [1.54, 1.807) is 0 Å². The van der Waals surface area contributed by atoms with Crippen LogP contribution in [0, 0.1) is 5.92 Å². The zero-order chi connectivity index (χ0) is 18.4. The highest BCUT2D eigenvalue weighted by Gasteiger charge is 2.20. The molecule has 26 heavy (non-hydrogen) atoms. The summed E-state index contributed by atoms with van der Waals surface area (Å²) in [6.07, 6.45) is 5.52. The monoisotopic (exact) mass is 347 g/mol. The second-order valence-electron chi connectivity index (χ2n) is 7.17. The van der Waals surface area contributed by atoms with E-state index < -0.39 is 0 Å². The largest absolute Gasteiger partial charge is 0.494 e. The molecule has 0 spiro atoms. The van der Waals surface area contributed by atoms with E-state index in [1.165, 1.54) is 22.3 Å². The van der Waals surface area contributed by atoms with Gasteiger partial charge in [-0.25, -0.2) is 0 Å². The third-order valence-corrected chi connectivity index (χ3v) is 4.77. The number of allylic oxidation sites excluding steroid dienone is 1.